The number of H-pyrrole nitrogens is 2. The molecule has 2 aromatic heterocycles. The zero-order chi connectivity index (χ0) is 18.1. The molecule has 4 N–H and O–H groups in total. The smallest absolute Gasteiger partial charge is 0.270 e. The summed E-state index contributed by atoms with van der Waals surface area (Å²) in [6, 6.07) is 7.07. The van der Waals surface area contributed by atoms with Gasteiger partial charge in [-0.1, -0.05) is 18.2 Å². The molecule has 1 aromatic carbocycles. The zero-order valence-electron chi connectivity index (χ0n) is 14.0. The lowest BCUT2D eigenvalue weighted by molar-refractivity contribution is -0.135. The minimum atomic E-state index is -0.989. The molecule has 0 aliphatic carbocycles. The molecular formula is C18H19N5O3. The second-order valence-corrected chi connectivity index (χ2v) is 6.31. The van der Waals surface area contributed by atoms with E-state index in [1.807, 2.05) is 18.2 Å². The van der Waals surface area contributed by atoms with Gasteiger partial charge in [0.1, 0.15) is 11.7 Å². The molecule has 0 saturated heterocycles. The molecule has 0 spiro atoms. The molecule has 0 saturated carbocycles. The summed E-state index contributed by atoms with van der Waals surface area (Å²) in [4.78, 5) is 36.4. The summed E-state index contributed by atoms with van der Waals surface area (Å²) in [5.74, 6) is -0.775. The zero-order valence-corrected chi connectivity index (χ0v) is 14.0. The summed E-state index contributed by atoms with van der Waals surface area (Å²) in [5, 5.41) is 13.3. The Morgan fingerprint density at radius 3 is 2.96 bits per heavy atom. The van der Waals surface area contributed by atoms with E-state index in [2.05, 4.69) is 26.3 Å². The largest absolute Gasteiger partial charge is 0.394 e. The van der Waals surface area contributed by atoms with Crippen LogP contribution in [0.25, 0.3) is 10.9 Å². The molecule has 0 unspecified atom stereocenters. The van der Waals surface area contributed by atoms with Crippen LogP contribution in [0, 0.1) is 0 Å². The van der Waals surface area contributed by atoms with Crippen molar-refractivity contribution in [1.82, 2.24) is 25.2 Å². The van der Waals surface area contributed by atoms with Crippen molar-refractivity contribution in [3.63, 3.8) is 0 Å². The number of hydrogen-bond donors (Lipinski definition) is 4. The Hall–Kier alpha value is -3.13. The Bertz CT molecular complexity index is 947. The van der Waals surface area contributed by atoms with Crippen LogP contribution in [-0.2, 0) is 17.8 Å². The molecule has 0 fully saturated rings. The van der Waals surface area contributed by atoms with Crippen molar-refractivity contribution < 1.29 is 14.7 Å². The van der Waals surface area contributed by atoms with Gasteiger partial charge in [-0.15, -0.1) is 0 Å². The van der Waals surface area contributed by atoms with Gasteiger partial charge in [-0.3, -0.25) is 9.59 Å². The lowest BCUT2D eigenvalue weighted by Crippen LogP contribution is -2.51. The van der Waals surface area contributed by atoms with E-state index in [0.29, 0.717) is 13.1 Å². The van der Waals surface area contributed by atoms with Crippen molar-refractivity contribution in [3.05, 3.63) is 53.7 Å². The van der Waals surface area contributed by atoms with Gasteiger partial charge in [0.15, 0.2) is 0 Å². The van der Waals surface area contributed by atoms with Gasteiger partial charge in [0, 0.05) is 23.1 Å². The summed E-state index contributed by atoms with van der Waals surface area (Å²) in [7, 11) is 0. The third-order valence-electron chi connectivity index (χ3n) is 4.72. The highest BCUT2D eigenvalue weighted by atomic mass is 16.3. The number of amides is 2. The monoisotopic (exact) mass is 353 g/mol. The Labute approximate surface area is 149 Å². The minimum absolute atomic E-state index is 0.243. The molecule has 26 heavy (non-hydrogen) atoms. The molecule has 0 radical (unpaired) electrons. The Morgan fingerprint density at radius 2 is 2.19 bits per heavy atom. The topological polar surface area (TPSA) is 114 Å². The number of nitrogens with one attached hydrogen (secondary N) is 3. The molecule has 1 aliphatic heterocycles. The predicted molar refractivity (Wildman–Crippen MR) is 94.3 cm³/mol. The van der Waals surface area contributed by atoms with Crippen LogP contribution in [0.15, 0.2) is 36.8 Å². The van der Waals surface area contributed by atoms with Gasteiger partial charge in [0.2, 0.25) is 5.91 Å². The first kappa shape index (κ1) is 16.3. The number of carbonyl (C=O) groups is 2. The summed E-state index contributed by atoms with van der Waals surface area (Å²) in [6.45, 7) is 0.512. The van der Waals surface area contributed by atoms with Crippen LogP contribution in [0.5, 0.6) is 0 Å². The highest BCUT2D eigenvalue weighted by Gasteiger charge is 2.30. The van der Waals surface area contributed by atoms with Crippen LogP contribution in [0.1, 0.15) is 21.7 Å². The fraction of sp³-hybridized carbons (Fsp3) is 0.278. The molecule has 3 aromatic rings. The van der Waals surface area contributed by atoms with Gasteiger partial charge >= 0.3 is 0 Å². The highest BCUT2D eigenvalue weighted by Crippen LogP contribution is 2.27. The van der Waals surface area contributed by atoms with Crippen LogP contribution in [0.2, 0.25) is 0 Å². The quantitative estimate of drug-likeness (QED) is 0.549. The van der Waals surface area contributed by atoms with E-state index in [1.54, 1.807) is 4.90 Å². The van der Waals surface area contributed by atoms with Crippen molar-refractivity contribution in [2.24, 2.45) is 0 Å². The molecular weight excluding hydrogens is 334 g/mol. The van der Waals surface area contributed by atoms with E-state index in [0.717, 1.165) is 17.6 Å². The standard InChI is InChI=1S/C18H19N5O3/c24-9-16(22-17(25)14-7-19-10-20-14)18(26)23-6-5-12-11-3-1-2-4-13(11)21-15(12)8-23/h1-4,7,10,16,21,24H,5-6,8-9H2,(H,19,20)(H,22,25)/t16-/m0/s1. The normalized spacial score (nSPS) is 14.9. The number of para-hydroxylation sites is 1. The van der Waals surface area contributed by atoms with Crippen LogP contribution >= 0.6 is 0 Å². The maximum absolute atomic E-state index is 12.8. The van der Waals surface area contributed by atoms with Crippen LogP contribution in [0.4, 0.5) is 0 Å². The van der Waals surface area contributed by atoms with Crippen LogP contribution in [-0.4, -0.2) is 56.0 Å². The molecule has 3 heterocycles. The number of nitrogens with zero attached hydrogens (tertiary/aromatic N) is 2. The summed E-state index contributed by atoms with van der Waals surface area (Å²) in [5.41, 5.74) is 3.53. The fourth-order valence-electron chi connectivity index (χ4n) is 3.40. The highest BCUT2D eigenvalue weighted by molar-refractivity contribution is 5.96. The van der Waals surface area contributed by atoms with Gasteiger partial charge < -0.3 is 25.3 Å². The summed E-state index contributed by atoms with van der Waals surface area (Å²) >= 11 is 0. The molecule has 1 aliphatic rings. The first-order valence-corrected chi connectivity index (χ1v) is 8.44. The Kier molecular flexibility index (Phi) is 4.18. The molecule has 2 amide bonds. The van der Waals surface area contributed by atoms with E-state index in [-0.39, 0.29) is 11.6 Å². The Balaban J connectivity index is 1.50. The minimum Gasteiger partial charge on any atom is -0.394 e. The number of rotatable bonds is 4. The van der Waals surface area contributed by atoms with Crippen molar-refractivity contribution in [3.8, 4) is 0 Å². The van der Waals surface area contributed by atoms with Crippen LogP contribution < -0.4 is 5.32 Å². The number of aliphatic hydroxyl groups is 1. The fourth-order valence-corrected chi connectivity index (χ4v) is 3.40. The molecule has 134 valence electrons. The van der Waals surface area contributed by atoms with E-state index in [4.69, 9.17) is 0 Å². The number of hydrogen-bond acceptors (Lipinski definition) is 4. The maximum atomic E-state index is 12.8. The van der Waals surface area contributed by atoms with E-state index >= 15 is 0 Å². The second-order valence-electron chi connectivity index (χ2n) is 6.31. The first-order chi connectivity index (χ1) is 12.7. The average molecular weight is 353 g/mol. The number of imidazole rings is 1. The molecule has 4 rings (SSSR count). The Morgan fingerprint density at radius 1 is 1.35 bits per heavy atom. The van der Waals surface area contributed by atoms with E-state index < -0.39 is 18.6 Å². The third kappa shape index (κ3) is 2.84. The van der Waals surface area contributed by atoms with Gasteiger partial charge in [-0.2, -0.15) is 0 Å². The van der Waals surface area contributed by atoms with Crippen molar-refractivity contribution in [2.75, 3.05) is 13.2 Å². The van der Waals surface area contributed by atoms with E-state index in [1.165, 1.54) is 23.5 Å². The van der Waals surface area contributed by atoms with Gasteiger partial charge in [0.25, 0.3) is 5.91 Å². The van der Waals surface area contributed by atoms with Gasteiger partial charge in [0.05, 0.1) is 25.7 Å². The van der Waals surface area contributed by atoms with Crippen LogP contribution in [0.3, 0.4) is 0 Å². The lowest BCUT2D eigenvalue weighted by atomic mass is 10.0. The molecule has 1 atom stereocenters. The van der Waals surface area contributed by atoms with E-state index in [9.17, 15) is 14.7 Å². The summed E-state index contributed by atoms with van der Waals surface area (Å²) < 4.78 is 0. The third-order valence-corrected chi connectivity index (χ3v) is 4.72. The number of benzene rings is 1. The lowest BCUT2D eigenvalue weighted by Gasteiger charge is -2.30. The first-order valence-electron chi connectivity index (χ1n) is 8.44. The van der Waals surface area contributed by atoms with Crippen molar-refractivity contribution in [2.45, 2.75) is 19.0 Å². The SMILES string of the molecule is O=C(N[C@@H](CO)C(=O)N1CCc2c([nH]c3ccccc23)C1)c1cnc[nH]1. The van der Waals surface area contributed by atoms with Crippen molar-refractivity contribution in [1.29, 1.82) is 0 Å². The number of aromatic amines is 2. The molecule has 8 nitrogen and oxygen atoms in total. The van der Waals surface area contributed by atoms with Crippen molar-refractivity contribution >= 4 is 22.7 Å². The molecule has 0 bridgehead atoms. The second kappa shape index (κ2) is 6.64. The van der Waals surface area contributed by atoms with Gasteiger partial charge in [-0.25, -0.2) is 4.98 Å². The number of aromatic nitrogens is 3. The maximum Gasteiger partial charge on any atom is 0.270 e. The number of fused-ring (bicyclic) bond motifs is 3. The predicted octanol–water partition coefficient (Wildman–Crippen LogP) is 0.567. The summed E-state index contributed by atoms with van der Waals surface area (Å²) in [6.07, 6.45) is 3.48. The van der Waals surface area contributed by atoms with Gasteiger partial charge in [-0.05, 0) is 18.1 Å². The average Bonchev–Trinajstić information content (AvgIpc) is 3.32. The number of carbonyl (C=O) groups excluding carboxylic acids is 2. The number of aliphatic hydroxyl groups excluding tert-OH is 1. The molecule has 8 heteroatoms.